The lowest BCUT2D eigenvalue weighted by Gasteiger charge is -2.09. The molecule has 0 N–H and O–H groups in total. The number of rotatable bonds is 4. The van der Waals surface area contributed by atoms with Gasteiger partial charge in [-0.3, -0.25) is 0 Å². The van der Waals surface area contributed by atoms with Crippen molar-refractivity contribution in [2.45, 2.75) is 12.3 Å². The molecule has 0 radical (unpaired) electrons. The van der Waals surface area contributed by atoms with E-state index in [9.17, 15) is 8.42 Å². The van der Waals surface area contributed by atoms with Gasteiger partial charge in [-0.15, -0.1) is 6.58 Å². The summed E-state index contributed by atoms with van der Waals surface area (Å²) in [6.45, 7) is 5.59. The van der Waals surface area contributed by atoms with Gasteiger partial charge in [0.2, 0.25) is 10.0 Å². The molecule has 1 fully saturated rings. The summed E-state index contributed by atoms with van der Waals surface area (Å²) in [7, 11) is -1.27. The van der Waals surface area contributed by atoms with Gasteiger partial charge < -0.3 is 4.90 Å². The average Bonchev–Trinajstić information content (AvgIpc) is 3.28. The van der Waals surface area contributed by atoms with Crippen LogP contribution in [0.2, 0.25) is 10.0 Å². The van der Waals surface area contributed by atoms with E-state index in [4.69, 9.17) is 23.2 Å². The van der Waals surface area contributed by atoms with E-state index in [1.807, 2.05) is 42.6 Å². The van der Waals surface area contributed by atoms with Gasteiger partial charge in [-0.25, -0.2) is 12.4 Å². The largest absolute Gasteiger partial charge is 0.306 e. The molecule has 0 aliphatic carbocycles. The van der Waals surface area contributed by atoms with Crippen molar-refractivity contribution in [1.82, 2.24) is 8.87 Å². The fourth-order valence-electron chi connectivity index (χ4n) is 3.59. The highest BCUT2D eigenvalue weighted by atomic mass is 35.5. The molecule has 4 nitrogen and oxygen atoms in total. The lowest BCUT2D eigenvalue weighted by Crippen LogP contribution is -2.14. The van der Waals surface area contributed by atoms with E-state index < -0.39 is 10.0 Å². The molecule has 7 heteroatoms. The minimum absolute atomic E-state index is 0.0459. The van der Waals surface area contributed by atoms with E-state index >= 15 is 0 Å². The highest BCUT2D eigenvalue weighted by Gasteiger charge is 2.26. The Hall–Kier alpha value is -1.79. The summed E-state index contributed by atoms with van der Waals surface area (Å²) in [5.74, 6) is 0.357. The molecular formula is C22H24Cl2N2O2S. The number of likely N-dealkylation sites (N-methyl/N-ethyl adjacent to an activating group) is 1. The Labute approximate surface area is 182 Å². The fourth-order valence-corrected chi connectivity index (χ4v) is 5.05. The normalized spacial score (nSPS) is 17.1. The van der Waals surface area contributed by atoms with Gasteiger partial charge in [-0.05, 0) is 49.7 Å². The van der Waals surface area contributed by atoms with Crippen LogP contribution in [0.15, 0.2) is 67.4 Å². The fraction of sp³-hybridized carbons (Fsp3) is 0.273. The molecule has 1 aliphatic rings. The number of halogens is 2. The maximum absolute atomic E-state index is 12.4. The highest BCUT2D eigenvalue weighted by molar-refractivity contribution is 7.90. The Balaban J connectivity index is 0.000000252. The molecule has 4 rings (SSSR count). The zero-order chi connectivity index (χ0) is 21.0. The summed E-state index contributed by atoms with van der Waals surface area (Å²) in [5.41, 5.74) is 1.91. The molecule has 29 heavy (non-hydrogen) atoms. The van der Waals surface area contributed by atoms with Crippen LogP contribution in [0.25, 0.3) is 10.9 Å². The van der Waals surface area contributed by atoms with Gasteiger partial charge in [0.1, 0.15) is 0 Å². The van der Waals surface area contributed by atoms with Gasteiger partial charge in [-0.1, -0.05) is 59.6 Å². The van der Waals surface area contributed by atoms with Crippen molar-refractivity contribution in [3.63, 3.8) is 0 Å². The van der Waals surface area contributed by atoms with Crippen molar-refractivity contribution in [2.75, 3.05) is 25.9 Å². The van der Waals surface area contributed by atoms with Crippen LogP contribution in [-0.4, -0.2) is 43.2 Å². The topological polar surface area (TPSA) is 42.3 Å². The first kappa shape index (κ1) is 21.9. The van der Waals surface area contributed by atoms with Crippen molar-refractivity contribution >= 4 is 44.1 Å². The van der Waals surface area contributed by atoms with Gasteiger partial charge in [0, 0.05) is 18.1 Å². The van der Waals surface area contributed by atoms with Gasteiger partial charge in [-0.2, -0.15) is 0 Å². The summed E-state index contributed by atoms with van der Waals surface area (Å²) in [5, 5.41) is 2.26. The Kier molecular flexibility index (Phi) is 7.06. The van der Waals surface area contributed by atoms with E-state index in [0.717, 1.165) is 36.0 Å². The third-order valence-electron chi connectivity index (χ3n) is 4.99. The minimum Gasteiger partial charge on any atom is -0.306 e. The number of hydrogen-bond donors (Lipinski definition) is 0. The van der Waals surface area contributed by atoms with E-state index in [0.29, 0.717) is 16.0 Å². The van der Waals surface area contributed by atoms with Crippen LogP contribution in [0.4, 0.5) is 0 Å². The molecule has 1 atom stereocenters. The van der Waals surface area contributed by atoms with Crippen molar-refractivity contribution in [1.29, 1.82) is 0 Å². The molecule has 0 amide bonds. The SMILES string of the molecule is C=CCS(=O)(=O)n1cc(C2CCN(C)C2)c2ccccc21.Clc1ccccc1Cl. The second-order valence-corrected chi connectivity index (χ2v) is 9.83. The van der Waals surface area contributed by atoms with E-state index in [1.165, 1.54) is 10.0 Å². The van der Waals surface area contributed by atoms with Crippen LogP contribution >= 0.6 is 23.2 Å². The first-order chi connectivity index (χ1) is 13.8. The highest BCUT2D eigenvalue weighted by Crippen LogP contribution is 2.34. The van der Waals surface area contributed by atoms with Crippen molar-refractivity contribution in [2.24, 2.45) is 0 Å². The molecule has 0 saturated carbocycles. The summed E-state index contributed by atoms with van der Waals surface area (Å²) in [4.78, 5) is 2.29. The van der Waals surface area contributed by atoms with Crippen LogP contribution in [0, 0.1) is 0 Å². The lowest BCUT2D eigenvalue weighted by molar-refractivity contribution is 0.412. The molecule has 154 valence electrons. The summed E-state index contributed by atoms with van der Waals surface area (Å²) in [6.07, 6.45) is 4.33. The van der Waals surface area contributed by atoms with Crippen LogP contribution in [0.1, 0.15) is 17.9 Å². The molecule has 2 heterocycles. The summed E-state index contributed by atoms with van der Waals surface area (Å²) < 4.78 is 26.3. The summed E-state index contributed by atoms with van der Waals surface area (Å²) in [6, 6.07) is 14.9. The standard InChI is InChI=1S/C16H20N2O2S.C6H4Cl2/c1-3-10-21(19,20)18-12-15(13-8-9-17(2)11-13)14-6-4-5-7-16(14)18;7-5-3-1-2-4-6(5)8/h3-7,12-13H,1,8-11H2,2H3;1-4H. The van der Waals surface area contributed by atoms with Crippen molar-refractivity contribution < 1.29 is 8.42 Å². The third kappa shape index (κ3) is 5.04. The Morgan fingerprint density at radius 3 is 2.28 bits per heavy atom. The summed E-state index contributed by atoms with van der Waals surface area (Å²) >= 11 is 11.2. The van der Waals surface area contributed by atoms with Crippen LogP contribution < -0.4 is 0 Å². The predicted octanol–water partition coefficient (Wildman–Crippen LogP) is 5.42. The molecule has 2 aromatic carbocycles. The third-order valence-corrected chi connectivity index (χ3v) is 7.31. The number of para-hydroxylation sites is 1. The van der Waals surface area contributed by atoms with Crippen LogP contribution in [0.3, 0.4) is 0 Å². The van der Waals surface area contributed by atoms with E-state index in [2.05, 4.69) is 18.5 Å². The Morgan fingerprint density at radius 1 is 1.10 bits per heavy atom. The zero-order valence-electron chi connectivity index (χ0n) is 16.3. The van der Waals surface area contributed by atoms with E-state index in [-0.39, 0.29) is 5.75 Å². The molecule has 1 aliphatic heterocycles. The molecule has 0 spiro atoms. The number of benzene rings is 2. The van der Waals surface area contributed by atoms with E-state index in [1.54, 1.807) is 12.1 Å². The molecule has 1 saturated heterocycles. The van der Waals surface area contributed by atoms with Crippen molar-refractivity contribution in [3.05, 3.63) is 83.0 Å². The van der Waals surface area contributed by atoms with Crippen molar-refractivity contribution in [3.8, 4) is 0 Å². The molecule has 3 aromatic rings. The number of likely N-dealkylation sites (tertiary alicyclic amines) is 1. The maximum atomic E-state index is 12.4. The first-order valence-corrected chi connectivity index (χ1v) is 11.7. The van der Waals surface area contributed by atoms with Gasteiger partial charge >= 0.3 is 0 Å². The second kappa shape index (κ2) is 9.35. The van der Waals surface area contributed by atoms with Gasteiger partial charge in [0.15, 0.2) is 0 Å². The molecule has 0 bridgehead atoms. The number of nitrogens with zero attached hydrogens (tertiary/aromatic N) is 2. The quantitative estimate of drug-likeness (QED) is 0.498. The number of hydrogen-bond acceptors (Lipinski definition) is 3. The Bertz CT molecular complexity index is 1090. The average molecular weight is 451 g/mol. The van der Waals surface area contributed by atoms with Crippen LogP contribution in [0.5, 0.6) is 0 Å². The molecular weight excluding hydrogens is 427 g/mol. The second-order valence-electron chi connectivity index (χ2n) is 7.13. The monoisotopic (exact) mass is 450 g/mol. The smallest absolute Gasteiger partial charge is 0.242 e. The molecule has 1 unspecified atom stereocenters. The maximum Gasteiger partial charge on any atom is 0.242 e. The molecule has 1 aromatic heterocycles. The number of fused-ring (bicyclic) bond motifs is 1. The van der Waals surface area contributed by atoms with Gasteiger partial charge in [0.25, 0.3) is 0 Å². The predicted molar refractivity (Wildman–Crippen MR) is 123 cm³/mol. The van der Waals surface area contributed by atoms with Gasteiger partial charge in [0.05, 0.1) is 21.3 Å². The first-order valence-electron chi connectivity index (χ1n) is 9.36. The van der Waals surface area contributed by atoms with Crippen LogP contribution in [-0.2, 0) is 10.0 Å². The Morgan fingerprint density at radius 2 is 1.72 bits per heavy atom. The minimum atomic E-state index is -3.37. The number of aromatic nitrogens is 1. The lowest BCUT2D eigenvalue weighted by atomic mass is 9.98. The zero-order valence-corrected chi connectivity index (χ0v) is 18.6.